The Morgan fingerprint density at radius 2 is 1.81 bits per heavy atom. The molecular formula is C19H13BrN6O. The Morgan fingerprint density at radius 3 is 2.70 bits per heavy atom. The third-order valence-corrected chi connectivity index (χ3v) is 4.66. The summed E-state index contributed by atoms with van der Waals surface area (Å²) in [5.74, 6) is 1.33. The maximum atomic E-state index is 5.74. The number of fused-ring (bicyclic) bond motifs is 3. The highest BCUT2D eigenvalue weighted by atomic mass is 79.9. The van der Waals surface area contributed by atoms with Gasteiger partial charge in [-0.05, 0) is 42.5 Å². The summed E-state index contributed by atoms with van der Waals surface area (Å²) in [7, 11) is 0. The van der Waals surface area contributed by atoms with Crippen molar-refractivity contribution in [3.63, 3.8) is 0 Å². The van der Waals surface area contributed by atoms with Gasteiger partial charge in [0, 0.05) is 16.1 Å². The second-order valence-corrected chi connectivity index (χ2v) is 6.85. The summed E-state index contributed by atoms with van der Waals surface area (Å²) >= 11 is 3.41. The monoisotopic (exact) mass is 420 g/mol. The van der Waals surface area contributed by atoms with Crippen LogP contribution in [-0.2, 0) is 6.73 Å². The minimum absolute atomic E-state index is 0.305. The van der Waals surface area contributed by atoms with Crippen LogP contribution in [0.5, 0.6) is 5.75 Å². The maximum Gasteiger partial charge on any atom is 0.202 e. The molecule has 0 saturated heterocycles. The van der Waals surface area contributed by atoms with Crippen molar-refractivity contribution in [2.45, 2.75) is 6.73 Å². The molecule has 0 unspecified atom stereocenters. The molecule has 0 saturated carbocycles. The number of rotatable bonds is 4. The Balaban J connectivity index is 1.42. The topological polar surface area (TPSA) is 70.1 Å². The molecule has 132 valence electrons. The lowest BCUT2D eigenvalue weighted by Crippen LogP contribution is -2.05. The minimum Gasteiger partial charge on any atom is -0.471 e. The SMILES string of the molecule is Brc1ccc(OCn2ccc(-c3nc4c5ccccc5ncn4n3)n2)cc1. The van der Waals surface area contributed by atoms with Crippen molar-refractivity contribution in [1.29, 1.82) is 0 Å². The fourth-order valence-corrected chi connectivity index (χ4v) is 3.08. The highest BCUT2D eigenvalue weighted by molar-refractivity contribution is 9.10. The molecule has 0 spiro atoms. The number of ether oxygens (including phenoxy) is 1. The predicted molar refractivity (Wildman–Crippen MR) is 104 cm³/mol. The van der Waals surface area contributed by atoms with Crippen LogP contribution in [0.2, 0.25) is 0 Å². The van der Waals surface area contributed by atoms with Crippen molar-refractivity contribution < 1.29 is 4.74 Å². The highest BCUT2D eigenvalue weighted by Gasteiger charge is 2.12. The predicted octanol–water partition coefficient (Wildman–Crippen LogP) is 3.94. The quantitative estimate of drug-likeness (QED) is 0.440. The molecule has 0 bridgehead atoms. The summed E-state index contributed by atoms with van der Waals surface area (Å²) in [6, 6.07) is 17.4. The average Bonchev–Trinajstić information content (AvgIpc) is 3.34. The van der Waals surface area contributed by atoms with Crippen molar-refractivity contribution in [2.24, 2.45) is 0 Å². The van der Waals surface area contributed by atoms with Gasteiger partial charge in [-0.2, -0.15) is 5.10 Å². The molecular weight excluding hydrogens is 408 g/mol. The Kier molecular flexibility index (Phi) is 3.83. The molecule has 0 amide bonds. The van der Waals surface area contributed by atoms with Gasteiger partial charge in [0.15, 0.2) is 12.4 Å². The summed E-state index contributed by atoms with van der Waals surface area (Å²) in [6.07, 6.45) is 3.51. The van der Waals surface area contributed by atoms with Crippen LogP contribution in [-0.4, -0.2) is 29.4 Å². The summed E-state index contributed by atoms with van der Waals surface area (Å²) in [6.45, 7) is 0.305. The first kappa shape index (κ1) is 16.0. The Morgan fingerprint density at radius 1 is 0.963 bits per heavy atom. The zero-order valence-corrected chi connectivity index (χ0v) is 15.6. The summed E-state index contributed by atoms with van der Waals surface area (Å²) in [5.41, 5.74) is 2.33. The number of nitrogens with zero attached hydrogens (tertiary/aromatic N) is 6. The molecule has 27 heavy (non-hydrogen) atoms. The molecule has 3 aromatic heterocycles. The van der Waals surface area contributed by atoms with E-state index in [-0.39, 0.29) is 0 Å². The van der Waals surface area contributed by atoms with Crippen molar-refractivity contribution in [3.05, 3.63) is 71.6 Å². The van der Waals surface area contributed by atoms with Crippen LogP contribution >= 0.6 is 15.9 Å². The minimum atomic E-state index is 0.305. The first-order valence-corrected chi connectivity index (χ1v) is 9.08. The van der Waals surface area contributed by atoms with Crippen LogP contribution in [0.25, 0.3) is 28.1 Å². The van der Waals surface area contributed by atoms with Gasteiger partial charge in [0.2, 0.25) is 5.82 Å². The number of halogens is 1. The second kappa shape index (κ2) is 6.48. The Labute approximate surface area is 162 Å². The van der Waals surface area contributed by atoms with Crippen LogP contribution in [0.15, 0.2) is 71.6 Å². The van der Waals surface area contributed by atoms with E-state index < -0.39 is 0 Å². The van der Waals surface area contributed by atoms with Gasteiger partial charge in [-0.3, -0.25) is 0 Å². The van der Waals surface area contributed by atoms with Gasteiger partial charge in [-0.15, -0.1) is 5.10 Å². The van der Waals surface area contributed by atoms with Crippen molar-refractivity contribution in [1.82, 2.24) is 29.4 Å². The maximum absolute atomic E-state index is 5.74. The molecule has 0 radical (unpaired) electrons. The van der Waals surface area contributed by atoms with Crippen LogP contribution < -0.4 is 4.74 Å². The molecule has 0 aliphatic heterocycles. The lowest BCUT2D eigenvalue weighted by molar-refractivity contribution is 0.221. The molecule has 0 aliphatic rings. The molecule has 0 atom stereocenters. The molecule has 7 nitrogen and oxygen atoms in total. The lowest BCUT2D eigenvalue weighted by Gasteiger charge is -2.05. The van der Waals surface area contributed by atoms with Gasteiger partial charge in [0.25, 0.3) is 0 Å². The normalized spacial score (nSPS) is 11.3. The largest absolute Gasteiger partial charge is 0.471 e. The third kappa shape index (κ3) is 3.04. The number of hydrogen-bond donors (Lipinski definition) is 0. The van der Waals surface area contributed by atoms with Crippen LogP contribution in [0.3, 0.4) is 0 Å². The van der Waals surface area contributed by atoms with Gasteiger partial charge in [0.05, 0.1) is 5.52 Å². The Hall–Kier alpha value is -3.26. The van der Waals surface area contributed by atoms with E-state index in [1.54, 1.807) is 15.5 Å². The fraction of sp³-hybridized carbons (Fsp3) is 0.0526. The summed E-state index contributed by atoms with van der Waals surface area (Å²) in [5, 5.41) is 9.96. The molecule has 3 heterocycles. The average molecular weight is 421 g/mol. The number of aromatic nitrogens is 6. The standard InChI is InChI=1S/C19H13BrN6O/c20-13-5-7-14(8-6-13)27-12-25-10-9-17(23-25)18-22-19-15-3-1-2-4-16(15)21-11-26(19)24-18/h1-11H,12H2. The van der Waals surface area contributed by atoms with Gasteiger partial charge < -0.3 is 4.74 Å². The molecule has 0 fully saturated rings. The van der Waals surface area contributed by atoms with Crippen molar-refractivity contribution >= 4 is 32.5 Å². The summed E-state index contributed by atoms with van der Waals surface area (Å²) < 4.78 is 10.1. The zero-order valence-electron chi connectivity index (χ0n) is 14.0. The smallest absolute Gasteiger partial charge is 0.202 e. The summed E-state index contributed by atoms with van der Waals surface area (Å²) in [4.78, 5) is 9.04. The van der Waals surface area contributed by atoms with Gasteiger partial charge >= 0.3 is 0 Å². The van der Waals surface area contributed by atoms with E-state index in [0.29, 0.717) is 18.2 Å². The van der Waals surface area contributed by atoms with E-state index in [0.717, 1.165) is 26.8 Å². The lowest BCUT2D eigenvalue weighted by atomic mass is 10.2. The molecule has 2 aromatic carbocycles. The van der Waals surface area contributed by atoms with Crippen molar-refractivity contribution in [3.8, 4) is 17.3 Å². The number of hydrogen-bond acceptors (Lipinski definition) is 5. The molecule has 5 rings (SSSR count). The van der Waals surface area contributed by atoms with Crippen molar-refractivity contribution in [2.75, 3.05) is 0 Å². The van der Waals surface area contributed by atoms with Crippen LogP contribution in [0.4, 0.5) is 0 Å². The van der Waals surface area contributed by atoms with E-state index >= 15 is 0 Å². The third-order valence-electron chi connectivity index (χ3n) is 4.13. The number of benzene rings is 2. The van der Waals surface area contributed by atoms with E-state index in [2.05, 4.69) is 36.1 Å². The van der Waals surface area contributed by atoms with E-state index in [4.69, 9.17) is 4.74 Å². The van der Waals surface area contributed by atoms with Crippen LogP contribution in [0, 0.1) is 0 Å². The van der Waals surface area contributed by atoms with Gasteiger partial charge in [-0.1, -0.05) is 28.1 Å². The van der Waals surface area contributed by atoms with Crippen LogP contribution in [0.1, 0.15) is 0 Å². The molecule has 8 heteroatoms. The Bertz CT molecular complexity index is 1240. The van der Waals surface area contributed by atoms with E-state index in [9.17, 15) is 0 Å². The first-order valence-electron chi connectivity index (χ1n) is 8.28. The molecule has 0 aliphatic carbocycles. The number of para-hydroxylation sites is 1. The van der Waals surface area contributed by atoms with E-state index in [1.165, 1.54) is 0 Å². The van der Waals surface area contributed by atoms with Gasteiger partial charge in [0.1, 0.15) is 17.8 Å². The molecule has 5 aromatic rings. The second-order valence-electron chi connectivity index (χ2n) is 5.93. The highest BCUT2D eigenvalue weighted by Crippen LogP contribution is 2.20. The molecule has 0 N–H and O–H groups in total. The van der Waals surface area contributed by atoms with E-state index in [1.807, 2.05) is 60.8 Å². The van der Waals surface area contributed by atoms with Gasteiger partial charge in [-0.25, -0.2) is 19.2 Å². The fourth-order valence-electron chi connectivity index (χ4n) is 2.81. The zero-order chi connectivity index (χ0) is 18.2. The first-order chi connectivity index (χ1) is 13.3.